The summed E-state index contributed by atoms with van der Waals surface area (Å²) in [4.78, 5) is 19.5. The van der Waals surface area contributed by atoms with Crippen molar-refractivity contribution >= 4 is 28.2 Å². The molecule has 16 heavy (non-hydrogen) atoms. The van der Waals surface area contributed by atoms with Gasteiger partial charge in [-0.3, -0.25) is 10.1 Å². The largest absolute Gasteiger partial charge is 0.372 e. The summed E-state index contributed by atoms with van der Waals surface area (Å²) in [6, 6.07) is 0. The monoisotopic (exact) mass is 236 g/mol. The molecule has 0 aliphatic rings. The average Bonchev–Trinajstić information content (AvgIpc) is 2.82. The van der Waals surface area contributed by atoms with E-state index in [-0.39, 0.29) is 11.6 Å². The fraction of sp³-hybridized carbons (Fsp3) is 0.125. The molecular weight excluding hydrogens is 228 g/mol. The Labute approximate surface area is 95.0 Å². The molecule has 0 aromatic carbocycles. The highest BCUT2D eigenvalue weighted by Crippen LogP contribution is 2.09. The van der Waals surface area contributed by atoms with Crippen LogP contribution in [0.4, 0.5) is 10.9 Å². The van der Waals surface area contributed by atoms with E-state index in [4.69, 9.17) is 0 Å². The summed E-state index contributed by atoms with van der Waals surface area (Å²) >= 11 is 1.24. The fourth-order valence-electron chi connectivity index (χ4n) is 0.963. The van der Waals surface area contributed by atoms with Crippen molar-refractivity contribution in [2.24, 2.45) is 0 Å². The fourth-order valence-corrected chi connectivity index (χ4v) is 1.40. The number of carbonyl (C=O) groups is 1. The van der Waals surface area contributed by atoms with Crippen LogP contribution in [0.1, 0.15) is 10.5 Å². The third kappa shape index (κ3) is 2.28. The average molecular weight is 236 g/mol. The summed E-state index contributed by atoms with van der Waals surface area (Å²) in [5.41, 5.74) is 1.76. The van der Waals surface area contributed by atoms with E-state index in [2.05, 4.69) is 30.8 Å². The zero-order valence-corrected chi connectivity index (χ0v) is 9.15. The molecule has 8 heteroatoms. The van der Waals surface area contributed by atoms with Crippen LogP contribution in [-0.4, -0.2) is 33.1 Å². The van der Waals surface area contributed by atoms with E-state index in [1.165, 1.54) is 29.2 Å². The summed E-state index contributed by atoms with van der Waals surface area (Å²) in [7, 11) is 1.73. The first-order chi connectivity index (χ1) is 7.79. The summed E-state index contributed by atoms with van der Waals surface area (Å²) < 4.78 is 0. The molecule has 2 aromatic heterocycles. The predicted molar refractivity (Wildman–Crippen MR) is 59.4 cm³/mol. The SMILES string of the molecule is CNc1cnc(C(=O)Nc2nncs2)cn1. The first-order valence-corrected chi connectivity index (χ1v) is 5.25. The molecule has 1 amide bonds. The van der Waals surface area contributed by atoms with Crippen molar-refractivity contribution in [2.75, 3.05) is 17.7 Å². The van der Waals surface area contributed by atoms with Gasteiger partial charge in [0.05, 0.1) is 12.4 Å². The molecule has 0 bridgehead atoms. The second kappa shape index (κ2) is 4.62. The number of hydrogen-bond donors (Lipinski definition) is 2. The number of hydrogen-bond acceptors (Lipinski definition) is 7. The molecule has 2 rings (SSSR count). The molecule has 2 N–H and O–H groups in total. The molecule has 7 nitrogen and oxygen atoms in total. The van der Waals surface area contributed by atoms with E-state index in [0.717, 1.165) is 0 Å². The smallest absolute Gasteiger partial charge is 0.277 e. The first kappa shape index (κ1) is 10.4. The van der Waals surface area contributed by atoms with Crippen molar-refractivity contribution in [1.29, 1.82) is 0 Å². The lowest BCUT2D eigenvalue weighted by Gasteiger charge is -2.01. The molecule has 0 saturated carbocycles. The van der Waals surface area contributed by atoms with Gasteiger partial charge >= 0.3 is 0 Å². The van der Waals surface area contributed by atoms with Crippen LogP contribution in [-0.2, 0) is 0 Å². The van der Waals surface area contributed by atoms with Crippen LogP contribution < -0.4 is 10.6 Å². The van der Waals surface area contributed by atoms with Gasteiger partial charge in [0.25, 0.3) is 5.91 Å². The lowest BCUT2D eigenvalue weighted by Crippen LogP contribution is -2.14. The maximum atomic E-state index is 11.6. The number of rotatable bonds is 3. The number of aromatic nitrogens is 4. The second-order valence-corrected chi connectivity index (χ2v) is 3.57. The minimum atomic E-state index is -0.355. The molecule has 0 fully saturated rings. The Morgan fingerprint density at radius 1 is 1.38 bits per heavy atom. The maximum Gasteiger partial charge on any atom is 0.277 e. The van der Waals surface area contributed by atoms with E-state index >= 15 is 0 Å². The van der Waals surface area contributed by atoms with Crippen LogP contribution in [0.15, 0.2) is 17.9 Å². The van der Waals surface area contributed by atoms with Crippen LogP contribution >= 0.6 is 11.3 Å². The normalized spacial score (nSPS) is 9.81. The van der Waals surface area contributed by atoms with Crippen molar-refractivity contribution in [3.63, 3.8) is 0 Å². The van der Waals surface area contributed by atoms with Crippen LogP contribution in [0.5, 0.6) is 0 Å². The van der Waals surface area contributed by atoms with Crippen molar-refractivity contribution in [2.45, 2.75) is 0 Å². The summed E-state index contributed by atoms with van der Waals surface area (Å²) in [6.07, 6.45) is 2.87. The molecule has 0 spiro atoms. The predicted octanol–water partition coefficient (Wildman–Crippen LogP) is 0.622. The third-order valence-electron chi connectivity index (χ3n) is 1.72. The molecule has 82 valence electrons. The van der Waals surface area contributed by atoms with Crippen molar-refractivity contribution in [3.8, 4) is 0 Å². The van der Waals surface area contributed by atoms with E-state index in [1.54, 1.807) is 7.05 Å². The minimum Gasteiger partial charge on any atom is -0.372 e. The lowest BCUT2D eigenvalue weighted by atomic mass is 10.4. The van der Waals surface area contributed by atoms with Gasteiger partial charge in [0.1, 0.15) is 17.0 Å². The Morgan fingerprint density at radius 2 is 2.25 bits per heavy atom. The minimum absolute atomic E-state index is 0.231. The van der Waals surface area contributed by atoms with E-state index in [0.29, 0.717) is 10.9 Å². The number of anilines is 2. The van der Waals surface area contributed by atoms with Crippen LogP contribution in [0, 0.1) is 0 Å². The Kier molecular flexibility index (Phi) is 3.01. The number of nitrogens with zero attached hydrogens (tertiary/aromatic N) is 4. The maximum absolute atomic E-state index is 11.6. The number of nitrogens with one attached hydrogen (secondary N) is 2. The number of amides is 1. The van der Waals surface area contributed by atoms with E-state index < -0.39 is 0 Å². The van der Waals surface area contributed by atoms with E-state index in [1.807, 2.05) is 0 Å². The van der Waals surface area contributed by atoms with Gasteiger partial charge in [-0.05, 0) is 0 Å². The van der Waals surface area contributed by atoms with Gasteiger partial charge in [0.15, 0.2) is 0 Å². The summed E-state index contributed by atoms with van der Waals surface area (Å²) in [6.45, 7) is 0. The standard InChI is InChI=1S/C8H8N6OS/c1-9-6-3-10-5(2-11-6)7(15)13-8-14-12-4-16-8/h2-4H,1H3,(H,9,11)(H,13,14,15). The van der Waals surface area contributed by atoms with Gasteiger partial charge in [-0.1, -0.05) is 11.3 Å². The topological polar surface area (TPSA) is 92.7 Å². The van der Waals surface area contributed by atoms with Gasteiger partial charge in [0.2, 0.25) is 5.13 Å². The summed E-state index contributed by atoms with van der Waals surface area (Å²) in [5.74, 6) is 0.249. The zero-order chi connectivity index (χ0) is 11.4. The van der Waals surface area contributed by atoms with Crippen LogP contribution in [0.2, 0.25) is 0 Å². The van der Waals surface area contributed by atoms with Gasteiger partial charge in [0, 0.05) is 7.05 Å². The number of carbonyl (C=O) groups excluding carboxylic acids is 1. The Hall–Kier alpha value is -2.09. The molecule has 2 heterocycles. The van der Waals surface area contributed by atoms with Gasteiger partial charge in [-0.25, -0.2) is 9.97 Å². The molecule has 2 aromatic rings. The molecule has 0 aliphatic heterocycles. The molecule has 0 aliphatic carbocycles. The van der Waals surface area contributed by atoms with Crippen molar-refractivity contribution < 1.29 is 4.79 Å². The van der Waals surface area contributed by atoms with E-state index in [9.17, 15) is 4.79 Å². The highest BCUT2D eigenvalue weighted by Gasteiger charge is 2.09. The molecule has 0 radical (unpaired) electrons. The molecule has 0 atom stereocenters. The van der Waals surface area contributed by atoms with Gasteiger partial charge in [-0.2, -0.15) is 0 Å². The van der Waals surface area contributed by atoms with Crippen molar-refractivity contribution in [1.82, 2.24) is 20.2 Å². The zero-order valence-electron chi connectivity index (χ0n) is 8.34. The first-order valence-electron chi connectivity index (χ1n) is 4.37. The Morgan fingerprint density at radius 3 is 2.81 bits per heavy atom. The Balaban J connectivity index is 2.09. The lowest BCUT2D eigenvalue weighted by molar-refractivity contribution is 0.102. The second-order valence-electron chi connectivity index (χ2n) is 2.73. The molecule has 0 saturated heterocycles. The third-order valence-corrected chi connectivity index (χ3v) is 2.33. The molecule has 0 unspecified atom stereocenters. The van der Waals surface area contributed by atoms with Crippen LogP contribution in [0.25, 0.3) is 0 Å². The van der Waals surface area contributed by atoms with Gasteiger partial charge in [-0.15, -0.1) is 10.2 Å². The van der Waals surface area contributed by atoms with Gasteiger partial charge < -0.3 is 5.32 Å². The highest BCUT2D eigenvalue weighted by molar-refractivity contribution is 7.13. The van der Waals surface area contributed by atoms with Crippen molar-refractivity contribution in [3.05, 3.63) is 23.6 Å². The quantitative estimate of drug-likeness (QED) is 0.811. The summed E-state index contributed by atoms with van der Waals surface area (Å²) in [5, 5.41) is 13.1. The highest BCUT2D eigenvalue weighted by atomic mass is 32.1. The molecular formula is C8H8N6OS. The van der Waals surface area contributed by atoms with Crippen LogP contribution in [0.3, 0.4) is 0 Å². The Bertz CT molecular complexity index is 468.